The topological polar surface area (TPSA) is 63.6 Å². The molecule has 0 unspecified atom stereocenters. The fourth-order valence-electron chi connectivity index (χ4n) is 0.587. The fourth-order valence-corrected chi connectivity index (χ4v) is 0.716. The predicted octanol–water partition coefficient (Wildman–Crippen LogP) is 0.880. The van der Waals surface area contributed by atoms with Crippen molar-refractivity contribution in [3.63, 3.8) is 0 Å². The van der Waals surface area contributed by atoms with Gasteiger partial charge in [-0.15, -0.1) is 0 Å². The molecule has 0 fully saturated rings. The first-order chi connectivity index (χ1) is 6.07. The van der Waals surface area contributed by atoms with Crippen LogP contribution in [0.15, 0.2) is 11.6 Å². The van der Waals surface area contributed by atoms with Crippen LogP contribution in [-0.4, -0.2) is 29.4 Å². The summed E-state index contributed by atoms with van der Waals surface area (Å²) < 4.78 is 4.73. The summed E-state index contributed by atoms with van der Waals surface area (Å²) in [5.41, 5.74) is 0.0895. The first kappa shape index (κ1) is 12.0. The highest BCUT2D eigenvalue weighted by molar-refractivity contribution is 7.80. The van der Waals surface area contributed by atoms with E-state index in [1.54, 1.807) is 0 Å². The molecule has 0 aromatic heterocycles. The summed E-state index contributed by atoms with van der Waals surface area (Å²) in [7, 11) is 0. The van der Waals surface area contributed by atoms with Crippen LogP contribution in [0.5, 0.6) is 0 Å². The number of carbonyl (C=O) groups excluding carboxylic acids is 1. The Hall–Kier alpha value is -0.970. The van der Waals surface area contributed by atoms with Gasteiger partial charge in [0.05, 0.1) is 6.61 Å². The molecule has 0 heterocycles. The van der Waals surface area contributed by atoms with Gasteiger partial charge in [0.15, 0.2) is 0 Å². The van der Waals surface area contributed by atoms with E-state index in [1.807, 2.05) is 0 Å². The van der Waals surface area contributed by atoms with E-state index < -0.39 is 11.9 Å². The number of hydrogen-bond acceptors (Lipinski definition) is 4. The molecule has 0 aromatic carbocycles. The lowest BCUT2D eigenvalue weighted by molar-refractivity contribution is -0.139. The lowest BCUT2D eigenvalue weighted by Gasteiger charge is -2.02. The van der Waals surface area contributed by atoms with Crippen LogP contribution >= 0.6 is 12.6 Å². The van der Waals surface area contributed by atoms with Crippen molar-refractivity contribution in [2.45, 2.75) is 13.3 Å². The Bertz CT molecular complexity index is 222. The number of esters is 1. The van der Waals surface area contributed by atoms with Crippen molar-refractivity contribution in [2.75, 3.05) is 12.4 Å². The Morgan fingerprint density at radius 1 is 1.54 bits per heavy atom. The third kappa shape index (κ3) is 6.21. The minimum atomic E-state index is -1.15. The minimum Gasteiger partial charge on any atom is -0.478 e. The normalized spacial score (nSPS) is 11.1. The van der Waals surface area contributed by atoms with Gasteiger partial charge in [-0.3, -0.25) is 0 Å². The van der Waals surface area contributed by atoms with Crippen molar-refractivity contribution in [2.24, 2.45) is 0 Å². The Kier molecular flexibility index (Phi) is 6.05. The van der Waals surface area contributed by atoms with E-state index in [4.69, 9.17) is 9.84 Å². The first-order valence-electron chi connectivity index (χ1n) is 3.77. The van der Waals surface area contributed by atoms with Crippen LogP contribution in [0.2, 0.25) is 0 Å². The van der Waals surface area contributed by atoms with E-state index in [9.17, 15) is 9.59 Å². The van der Waals surface area contributed by atoms with Crippen LogP contribution in [-0.2, 0) is 14.3 Å². The predicted molar refractivity (Wildman–Crippen MR) is 50.8 cm³/mol. The van der Waals surface area contributed by atoms with Crippen LogP contribution in [0.4, 0.5) is 0 Å². The molecule has 4 nitrogen and oxygen atoms in total. The van der Waals surface area contributed by atoms with Gasteiger partial charge >= 0.3 is 11.9 Å². The van der Waals surface area contributed by atoms with Crippen LogP contribution in [0.3, 0.4) is 0 Å². The second kappa shape index (κ2) is 6.54. The highest BCUT2D eigenvalue weighted by atomic mass is 32.1. The molecule has 0 aliphatic rings. The maximum atomic E-state index is 11.0. The molecule has 0 radical (unpaired) electrons. The lowest BCUT2D eigenvalue weighted by atomic mass is 10.3. The molecule has 5 heteroatoms. The summed E-state index contributed by atoms with van der Waals surface area (Å²) in [5.74, 6) is -1.11. The SMILES string of the molecule is C/C(=C/C(=O)O)C(=O)OCCCS. The molecule has 0 aromatic rings. The zero-order chi connectivity index (χ0) is 10.3. The van der Waals surface area contributed by atoms with Gasteiger partial charge < -0.3 is 9.84 Å². The molecule has 0 atom stereocenters. The molecule has 0 bridgehead atoms. The van der Waals surface area contributed by atoms with E-state index in [0.717, 1.165) is 6.08 Å². The molecule has 13 heavy (non-hydrogen) atoms. The Morgan fingerprint density at radius 2 is 2.15 bits per heavy atom. The van der Waals surface area contributed by atoms with E-state index in [1.165, 1.54) is 6.92 Å². The van der Waals surface area contributed by atoms with Crippen molar-refractivity contribution in [3.8, 4) is 0 Å². The molecule has 0 spiro atoms. The van der Waals surface area contributed by atoms with Gasteiger partial charge in [-0.2, -0.15) is 12.6 Å². The number of hydrogen-bond donors (Lipinski definition) is 2. The number of carboxylic acids is 1. The molecular formula is C8H12O4S. The molecule has 74 valence electrons. The summed E-state index contributed by atoms with van der Waals surface area (Å²) >= 11 is 3.93. The van der Waals surface area contributed by atoms with Crippen molar-refractivity contribution in [1.82, 2.24) is 0 Å². The zero-order valence-corrected chi connectivity index (χ0v) is 8.21. The largest absolute Gasteiger partial charge is 0.478 e. The van der Waals surface area contributed by atoms with Gasteiger partial charge in [0.1, 0.15) is 0 Å². The molecule has 0 saturated heterocycles. The Morgan fingerprint density at radius 3 is 2.62 bits per heavy atom. The number of rotatable bonds is 5. The molecular weight excluding hydrogens is 192 g/mol. The third-order valence-corrected chi connectivity index (χ3v) is 1.51. The van der Waals surface area contributed by atoms with Gasteiger partial charge in [-0.05, 0) is 19.1 Å². The summed E-state index contributed by atoms with van der Waals surface area (Å²) in [5, 5.41) is 8.31. The highest BCUT2D eigenvalue weighted by Gasteiger charge is 2.06. The van der Waals surface area contributed by atoms with Gasteiger partial charge in [0.25, 0.3) is 0 Å². The second-order valence-corrected chi connectivity index (χ2v) is 2.83. The summed E-state index contributed by atoms with van der Waals surface area (Å²) in [4.78, 5) is 21.1. The molecule has 0 aliphatic carbocycles. The second-order valence-electron chi connectivity index (χ2n) is 2.38. The average molecular weight is 204 g/mol. The summed E-state index contributed by atoms with van der Waals surface area (Å²) in [6, 6.07) is 0. The lowest BCUT2D eigenvalue weighted by Crippen LogP contribution is -2.08. The number of carboxylic acid groups (broad SMARTS) is 1. The molecule has 0 amide bonds. The van der Waals surface area contributed by atoms with Crippen LogP contribution < -0.4 is 0 Å². The number of aliphatic carboxylic acids is 1. The number of ether oxygens (including phenoxy) is 1. The zero-order valence-electron chi connectivity index (χ0n) is 7.32. The molecule has 0 saturated carbocycles. The summed E-state index contributed by atoms with van der Waals surface area (Å²) in [6.07, 6.45) is 1.48. The molecule has 0 rings (SSSR count). The standard InChI is InChI=1S/C8H12O4S/c1-6(5-7(9)10)8(11)12-3-2-4-13/h5,13H,2-4H2,1H3,(H,9,10)/b6-5-. The van der Waals surface area contributed by atoms with E-state index in [2.05, 4.69) is 12.6 Å². The van der Waals surface area contributed by atoms with Gasteiger partial charge in [-0.1, -0.05) is 0 Å². The number of carbonyl (C=O) groups is 2. The average Bonchev–Trinajstić information content (AvgIpc) is 2.03. The summed E-state index contributed by atoms with van der Waals surface area (Å²) in [6.45, 7) is 1.67. The van der Waals surface area contributed by atoms with Crippen molar-refractivity contribution in [3.05, 3.63) is 11.6 Å². The van der Waals surface area contributed by atoms with E-state index >= 15 is 0 Å². The maximum absolute atomic E-state index is 11.0. The quantitative estimate of drug-likeness (QED) is 0.302. The minimum absolute atomic E-state index is 0.0895. The maximum Gasteiger partial charge on any atom is 0.333 e. The van der Waals surface area contributed by atoms with Crippen molar-refractivity contribution < 1.29 is 19.4 Å². The third-order valence-electron chi connectivity index (χ3n) is 1.20. The Balaban J connectivity index is 3.90. The number of thiol groups is 1. The van der Waals surface area contributed by atoms with E-state index in [-0.39, 0.29) is 12.2 Å². The highest BCUT2D eigenvalue weighted by Crippen LogP contribution is 1.97. The van der Waals surface area contributed by atoms with Gasteiger partial charge in [0.2, 0.25) is 0 Å². The molecule has 1 N–H and O–H groups in total. The Labute approximate surface area is 82.0 Å². The van der Waals surface area contributed by atoms with E-state index in [0.29, 0.717) is 12.2 Å². The van der Waals surface area contributed by atoms with Crippen LogP contribution in [0, 0.1) is 0 Å². The first-order valence-corrected chi connectivity index (χ1v) is 4.40. The molecule has 0 aliphatic heterocycles. The van der Waals surface area contributed by atoms with Crippen molar-refractivity contribution >= 4 is 24.6 Å². The van der Waals surface area contributed by atoms with Crippen molar-refractivity contribution in [1.29, 1.82) is 0 Å². The van der Waals surface area contributed by atoms with Crippen LogP contribution in [0.1, 0.15) is 13.3 Å². The van der Waals surface area contributed by atoms with Crippen LogP contribution in [0.25, 0.3) is 0 Å². The monoisotopic (exact) mass is 204 g/mol. The smallest absolute Gasteiger partial charge is 0.333 e. The van der Waals surface area contributed by atoms with Gasteiger partial charge in [-0.25, -0.2) is 9.59 Å². The fraction of sp³-hybridized carbons (Fsp3) is 0.500. The van der Waals surface area contributed by atoms with Gasteiger partial charge in [0, 0.05) is 11.6 Å².